The van der Waals surface area contributed by atoms with Gasteiger partial charge in [-0.05, 0) is 55.2 Å². The zero-order chi connectivity index (χ0) is 25.3. The van der Waals surface area contributed by atoms with Crippen molar-refractivity contribution < 1.29 is 14.3 Å². The van der Waals surface area contributed by atoms with Crippen LogP contribution in [0, 0.1) is 6.92 Å². The molecular weight excluding hydrogens is 516 g/mol. The van der Waals surface area contributed by atoms with Crippen LogP contribution in [-0.4, -0.2) is 35.4 Å². The lowest BCUT2D eigenvalue weighted by Crippen LogP contribution is -2.53. The fourth-order valence-corrected chi connectivity index (χ4v) is 4.83. The van der Waals surface area contributed by atoms with E-state index < -0.39 is 6.04 Å². The van der Waals surface area contributed by atoms with Gasteiger partial charge in [0.25, 0.3) is 5.91 Å². The van der Waals surface area contributed by atoms with E-state index in [2.05, 4.69) is 21.2 Å². The number of nitrogens with one attached hydrogen (secondary N) is 1. The predicted molar refractivity (Wildman–Crippen MR) is 146 cm³/mol. The first-order valence-corrected chi connectivity index (χ1v) is 13.3. The minimum Gasteiger partial charge on any atom is -0.484 e. The number of benzene rings is 3. The molecule has 0 unspecified atom stereocenters. The van der Waals surface area contributed by atoms with Crippen LogP contribution >= 0.6 is 15.9 Å². The van der Waals surface area contributed by atoms with Crippen molar-refractivity contribution in [3.8, 4) is 5.75 Å². The maximum atomic E-state index is 13.7. The van der Waals surface area contributed by atoms with E-state index in [9.17, 15) is 9.59 Å². The fraction of sp³-hybridized carbons (Fsp3) is 0.333. The summed E-state index contributed by atoms with van der Waals surface area (Å²) in [6.07, 6.45) is 4.66. The number of amides is 2. The summed E-state index contributed by atoms with van der Waals surface area (Å²) in [7, 11) is 0. The molecule has 0 saturated heterocycles. The van der Waals surface area contributed by atoms with Gasteiger partial charge >= 0.3 is 0 Å². The normalized spacial score (nSPS) is 14.3. The van der Waals surface area contributed by atoms with Crippen molar-refractivity contribution in [2.45, 2.75) is 57.7 Å². The molecule has 0 bridgehead atoms. The molecule has 0 spiro atoms. The third-order valence-corrected chi connectivity index (χ3v) is 7.15. The van der Waals surface area contributed by atoms with Crippen molar-refractivity contribution in [1.29, 1.82) is 0 Å². The quantitative estimate of drug-likeness (QED) is 0.346. The second kappa shape index (κ2) is 12.7. The summed E-state index contributed by atoms with van der Waals surface area (Å²) in [6, 6.07) is 24.9. The summed E-state index contributed by atoms with van der Waals surface area (Å²) in [4.78, 5) is 29.0. The van der Waals surface area contributed by atoms with E-state index in [0.717, 1.165) is 46.8 Å². The number of aryl methyl sites for hydroxylation is 1. The molecule has 2 amide bonds. The van der Waals surface area contributed by atoms with Crippen molar-refractivity contribution in [2.24, 2.45) is 0 Å². The molecule has 6 heteroatoms. The third-order valence-electron chi connectivity index (χ3n) is 6.62. The molecule has 0 heterocycles. The van der Waals surface area contributed by atoms with Crippen molar-refractivity contribution >= 4 is 27.7 Å². The van der Waals surface area contributed by atoms with E-state index >= 15 is 0 Å². The maximum Gasteiger partial charge on any atom is 0.261 e. The number of carbonyl (C=O) groups is 2. The Labute approximate surface area is 222 Å². The van der Waals surface area contributed by atoms with E-state index in [1.54, 1.807) is 4.90 Å². The van der Waals surface area contributed by atoms with Crippen molar-refractivity contribution in [1.82, 2.24) is 10.2 Å². The molecule has 1 saturated carbocycles. The van der Waals surface area contributed by atoms with E-state index in [1.807, 2.05) is 85.8 Å². The zero-order valence-electron chi connectivity index (χ0n) is 20.7. The Morgan fingerprint density at radius 1 is 0.944 bits per heavy atom. The van der Waals surface area contributed by atoms with Gasteiger partial charge < -0.3 is 15.0 Å². The SMILES string of the molecule is Cc1ccc(OCC(=O)N(Cc2ccc(Br)cc2)[C@H](Cc2ccccc2)C(=O)NC2CCCC2)cc1. The number of ether oxygens (including phenoxy) is 1. The minimum absolute atomic E-state index is 0.105. The van der Waals surface area contributed by atoms with Crippen LogP contribution in [0.25, 0.3) is 0 Å². The van der Waals surface area contributed by atoms with Crippen LogP contribution in [0.5, 0.6) is 5.75 Å². The van der Waals surface area contributed by atoms with Gasteiger partial charge in [-0.25, -0.2) is 0 Å². The van der Waals surface area contributed by atoms with E-state index in [4.69, 9.17) is 4.74 Å². The minimum atomic E-state index is -0.647. The second-order valence-corrected chi connectivity index (χ2v) is 10.4. The van der Waals surface area contributed by atoms with Gasteiger partial charge in [0.05, 0.1) is 0 Å². The number of hydrogen-bond donors (Lipinski definition) is 1. The molecule has 3 aromatic rings. The van der Waals surface area contributed by atoms with Crippen LogP contribution < -0.4 is 10.1 Å². The molecule has 0 radical (unpaired) electrons. The largest absolute Gasteiger partial charge is 0.484 e. The average molecular weight is 550 g/mol. The van der Waals surface area contributed by atoms with Gasteiger partial charge in [0, 0.05) is 23.5 Å². The Bertz CT molecular complexity index is 1130. The van der Waals surface area contributed by atoms with Crippen LogP contribution in [0.1, 0.15) is 42.4 Å². The molecule has 1 atom stereocenters. The number of carbonyl (C=O) groups excluding carboxylic acids is 2. The molecular formula is C30H33BrN2O3. The van der Waals surface area contributed by atoms with Gasteiger partial charge in [0.1, 0.15) is 11.8 Å². The Morgan fingerprint density at radius 2 is 1.61 bits per heavy atom. The third kappa shape index (κ3) is 7.44. The number of hydrogen-bond acceptors (Lipinski definition) is 3. The highest BCUT2D eigenvalue weighted by molar-refractivity contribution is 9.10. The topological polar surface area (TPSA) is 58.6 Å². The second-order valence-electron chi connectivity index (χ2n) is 9.45. The molecule has 36 heavy (non-hydrogen) atoms. The van der Waals surface area contributed by atoms with Crippen molar-refractivity contribution in [3.05, 3.63) is 100 Å². The molecule has 1 fully saturated rings. The lowest BCUT2D eigenvalue weighted by molar-refractivity contribution is -0.143. The summed E-state index contributed by atoms with van der Waals surface area (Å²) in [5.41, 5.74) is 3.09. The van der Waals surface area contributed by atoms with Gasteiger partial charge in [-0.1, -0.05) is 88.9 Å². The van der Waals surface area contributed by atoms with Gasteiger partial charge in [-0.3, -0.25) is 9.59 Å². The average Bonchev–Trinajstić information content (AvgIpc) is 3.40. The van der Waals surface area contributed by atoms with E-state index in [1.165, 1.54) is 0 Å². The molecule has 1 aliphatic rings. The molecule has 1 aliphatic carbocycles. The van der Waals surface area contributed by atoms with E-state index in [0.29, 0.717) is 18.7 Å². The fourth-order valence-electron chi connectivity index (χ4n) is 4.57. The maximum absolute atomic E-state index is 13.7. The first kappa shape index (κ1) is 26.0. The first-order chi connectivity index (χ1) is 17.5. The standard InChI is InChI=1S/C30H33BrN2O3/c1-22-11-17-27(18-12-22)36-21-29(34)33(20-24-13-15-25(31)16-14-24)28(19-23-7-3-2-4-8-23)30(35)32-26-9-5-6-10-26/h2-4,7-8,11-18,26,28H,5-6,9-10,19-21H2,1H3,(H,32,35)/t28-/m1/s1. The summed E-state index contributed by atoms with van der Waals surface area (Å²) < 4.78 is 6.81. The van der Waals surface area contributed by atoms with Gasteiger partial charge in [0.2, 0.25) is 5.91 Å². The summed E-state index contributed by atoms with van der Waals surface area (Å²) in [5.74, 6) is 0.306. The zero-order valence-corrected chi connectivity index (χ0v) is 22.2. The number of halogens is 1. The Balaban J connectivity index is 1.59. The van der Waals surface area contributed by atoms with Gasteiger partial charge in [-0.2, -0.15) is 0 Å². The van der Waals surface area contributed by atoms with Crippen LogP contribution in [0.2, 0.25) is 0 Å². The summed E-state index contributed by atoms with van der Waals surface area (Å²) in [6.45, 7) is 2.19. The van der Waals surface area contributed by atoms with Crippen LogP contribution in [0.4, 0.5) is 0 Å². The van der Waals surface area contributed by atoms with Gasteiger partial charge in [0.15, 0.2) is 6.61 Å². The Morgan fingerprint density at radius 3 is 2.28 bits per heavy atom. The number of rotatable bonds is 10. The number of nitrogens with zero attached hydrogens (tertiary/aromatic N) is 1. The molecule has 0 aromatic heterocycles. The molecule has 188 valence electrons. The molecule has 0 aliphatic heterocycles. The monoisotopic (exact) mass is 548 g/mol. The molecule has 4 rings (SSSR count). The molecule has 1 N–H and O–H groups in total. The lowest BCUT2D eigenvalue weighted by atomic mass is 10.0. The highest BCUT2D eigenvalue weighted by atomic mass is 79.9. The lowest BCUT2D eigenvalue weighted by Gasteiger charge is -2.32. The smallest absolute Gasteiger partial charge is 0.261 e. The van der Waals surface area contributed by atoms with Crippen molar-refractivity contribution in [2.75, 3.05) is 6.61 Å². The van der Waals surface area contributed by atoms with Crippen LogP contribution in [0.3, 0.4) is 0 Å². The Kier molecular flexibility index (Phi) is 9.17. The molecule has 5 nitrogen and oxygen atoms in total. The summed E-state index contributed by atoms with van der Waals surface area (Å²) >= 11 is 3.48. The van der Waals surface area contributed by atoms with Crippen molar-refractivity contribution in [3.63, 3.8) is 0 Å². The Hall–Kier alpha value is -3.12. The molecule has 3 aromatic carbocycles. The van der Waals surface area contributed by atoms with Crippen LogP contribution in [0.15, 0.2) is 83.3 Å². The van der Waals surface area contributed by atoms with Crippen LogP contribution in [-0.2, 0) is 22.6 Å². The highest BCUT2D eigenvalue weighted by Crippen LogP contribution is 2.21. The predicted octanol–water partition coefficient (Wildman–Crippen LogP) is 5.84. The first-order valence-electron chi connectivity index (χ1n) is 12.6. The van der Waals surface area contributed by atoms with Gasteiger partial charge in [-0.15, -0.1) is 0 Å². The summed E-state index contributed by atoms with van der Waals surface area (Å²) in [5, 5.41) is 3.23. The highest BCUT2D eigenvalue weighted by Gasteiger charge is 2.32. The van der Waals surface area contributed by atoms with E-state index in [-0.39, 0.29) is 24.5 Å².